The van der Waals surface area contributed by atoms with Crippen molar-refractivity contribution in [3.05, 3.63) is 11.6 Å². The number of rotatable bonds is 2. The second kappa shape index (κ2) is 4.52. The summed E-state index contributed by atoms with van der Waals surface area (Å²) in [4.78, 5) is 29.0. The first-order valence-electron chi connectivity index (χ1n) is 5.41. The van der Waals surface area contributed by atoms with E-state index in [1.54, 1.807) is 6.92 Å². The van der Waals surface area contributed by atoms with E-state index in [9.17, 15) is 9.59 Å². The van der Waals surface area contributed by atoms with Crippen molar-refractivity contribution in [2.24, 2.45) is 0 Å². The van der Waals surface area contributed by atoms with E-state index in [-0.39, 0.29) is 17.7 Å². The monoisotopic (exact) mass is 238 g/mol. The maximum absolute atomic E-state index is 12.1. The summed E-state index contributed by atoms with van der Waals surface area (Å²) >= 11 is 0. The van der Waals surface area contributed by atoms with E-state index >= 15 is 0 Å². The van der Waals surface area contributed by atoms with Gasteiger partial charge in [0, 0.05) is 6.54 Å². The van der Waals surface area contributed by atoms with Gasteiger partial charge in [0.2, 0.25) is 5.82 Å². The van der Waals surface area contributed by atoms with Gasteiger partial charge in [0.05, 0.1) is 7.11 Å². The minimum absolute atomic E-state index is 0.0957. The molecule has 7 nitrogen and oxygen atoms in total. The quantitative estimate of drug-likeness (QED) is 0.726. The number of H-pyrrole nitrogens is 1. The summed E-state index contributed by atoms with van der Waals surface area (Å²) < 4.78 is 4.67. The number of nitrogens with one attached hydrogen (secondary N) is 1. The van der Waals surface area contributed by atoms with Crippen LogP contribution in [0.2, 0.25) is 0 Å². The molecule has 0 saturated carbocycles. The molecule has 0 aromatic carbocycles. The van der Waals surface area contributed by atoms with Crippen LogP contribution in [0.1, 0.15) is 29.3 Å². The number of aryl methyl sites for hydroxylation is 1. The van der Waals surface area contributed by atoms with Crippen LogP contribution < -0.4 is 0 Å². The van der Waals surface area contributed by atoms with Gasteiger partial charge in [-0.15, -0.1) is 5.10 Å². The summed E-state index contributed by atoms with van der Waals surface area (Å²) in [7, 11) is 1.32. The van der Waals surface area contributed by atoms with Gasteiger partial charge in [-0.25, -0.2) is 9.78 Å². The van der Waals surface area contributed by atoms with Crippen LogP contribution in [0.3, 0.4) is 0 Å². The number of methoxy groups -OCH3 is 1. The summed E-state index contributed by atoms with van der Waals surface area (Å²) in [5, 5.41) is 6.41. The number of hydrogen-bond donors (Lipinski definition) is 1. The Labute approximate surface area is 98.2 Å². The number of carbonyl (C=O) groups is 2. The molecule has 0 aliphatic carbocycles. The molecule has 1 saturated heterocycles. The first kappa shape index (κ1) is 11.6. The standard InChI is InChI=1S/C10H14N4O3/c1-6-11-8(13-12-6)9(15)14-5-3-4-7(14)10(16)17-2/h7H,3-5H2,1-2H3,(H,11,12,13). The highest BCUT2D eigenvalue weighted by Crippen LogP contribution is 2.19. The highest BCUT2D eigenvalue weighted by Gasteiger charge is 2.36. The van der Waals surface area contributed by atoms with Gasteiger partial charge in [-0.2, -0.15) is 0 Å². The van der Waals surface area contributed by atoms with Gasteiger partial charge in [-0.05, 0) is 19.8 Å². The van der Waals surface area contributed by atoms with Crippen molar-refractivity contribution < 1.29 is 14.3 Å². The predicted molar refractivity (Wildman–Crippen MR) is 57.2 cm³/mol. The number of aromatic nitrogens is 3. The summed E-state index contributed by atoms with van der Waals surface area (Å²) in [6.45, 7) is 2.25. The number of likely N-dealkylation sites (tertiary alicyclic amines) is 1. The lowest BCUT2D eigenvalue weighted by atomic mass is 10.2. The van der Waals surface area contributed by atoms with Crippen LogP contribution in [0.25, 0.3) is 0 Å². The fourth-order valence-electron chi connectivity index (χ4n) is 1.96. The lowest BCUT2D eigenvalue weighted by Gasteiger charge is -2.20. The smallest absolute Gasteiger partial charge is 0.328 e. The molecule has 1 aromatic heterocycles. The fourth-order valence-corrected chi connectivity index (χ4v) is 1.96. The Morgan fingerprint density at radius 3 is 2.88 bits per heavy atom. The molecule has 1 atom stereocenters. The Hall–Kier alpha value is -1.92. The first-order valence-corrected chi connectivity index (χ1v) is 5.41. The molecular weight excluding hydrogens is 224 g/mol. The first-order chi connectivity index (χ1) is 8.13. The van der Waals surface area contributed by atoms with Crippen molar-refractivity contribution in [2.75, 3.05) is 13.7 Å². The van der Waals surface area contributed by atoms with Crippen molar-refractivity contribution in [1.29, 1.82) is 0 Å². The van der Waals surface area contributed by atoms with E-state index in [0.29, 0.717) is 18.8 Å². The molecular formula is C10H14N4O3. The van der Waals surface area contributed by atoms with Gasteiger partial charge in [0.25, 0.3) is 5.91 Å². The molecule has 1 unspecified atom stereocenters. The van der Waals surface area contributed by atoms with Crippen LogP contribution in [0.15, 0.2) is 0 Å². The van der Waals surface area contributed by atoms with E-state index in [1.807, 2.05) is 0 Å². The highest BCUT2D eigenvalue weighted by atomic mass is 16.5. The average molecular weight is 238 g/mol. The zero-order valence-electron chi connectivity index (χ0n) is 9.77. The number of nitrogens with zero attached hydrogens (tertiary/aromatic N) is 3. The molecule has 1 N–H and O–H groups in total. The Balaban J connectivity index is 2.16. The maximum atomic E-state index is 12.1. The minimum Gasteiger partial charge on any atom is -0.467 e. The Bertz CT molecular complexity index is 443. The summed E-state index contributed by atoms with van der Waals surface area (Å²) in [6, 6.07) is -0.508. The average Bonchev–Trinajstić information content (AvgIpc) is 2.95. The van der Waals surface area contributed by atoms with E-state index in [2.05, 4.69) is 19.9 Å². The SMILES string of the molecule is COC(=O)C1CCCN1C(=O)c1n[nH]c(C)n1. The van der Waals surface area contributed by atoms with Crippen LogP contribution >= 0.6 is 0 Å². The lowest BCUT2D eigenvalue weighted by Crippen LogP contribution is -2.41. The topological polar surface area (TPSA) is 88.2 Å². The minimum atomic E-state index is -0.508. The van der Waals surface area contributed by atoms with Crippen LogP contribution in [-0.4, -0.2) is 51.7 Å². The van der Waals surface area contributed by atoms with Crippen LogP contribution in [0, 0.1) is 6.92 Å². The number of carbonyl (C=O) groups excluding carboxylic acids is 2. The molecule has 0 spiro atoms. The molecule has 1 aliphatic rings. The highest BCUT2D eigenvalue weighted by molar-refractivity contribution is 5.94. The third-order valence-corrected chi connectivity index (χ3v) is 2.78. The van der Waals surface area contributed by atoms with Crippen molar-refractivity contribution >= 4 is 11.9 Å². The zero-order chi connectivity index (χ0) is 12.4. The number of ether oxygens (including phenoxy) is 1. The maximum Gasteiger partial charge on any atom is 0.328 e. The molecule has 92 valence electrons. The normalized spacial score (nSPS) is 19.4. The molecule has 7 heteroatoms. The zero-order valence-corrected chi connectivity index (χ0v) is 9.77. The largest absolute Gasteiger partial charge is 0.467 e. The van der Waals surface area contributed by atoms with Crippen molar-refractivity contribution in [1.82, 2.24) is 20.1 Å². The van der Waals surface area contributed by atoms with Gasteiger partial charge in [0.15, 0.2) is 0 Å². The number of esters is 1. The summed E-state index contributed by atoms with van der Waals surface area (Å²) in [6.07, 6.45) is 1.41. The molecule has 1 amide bonds. The van der Waals surface area contributed by atoms with E-state index in [0.717, 1.165) is 6.42 Å². The predicted octanol–water partition coefficient (Wildman–Crippen LogP) is -0.109. The van der Waals surface area contributed by atoms with Crippen LogP contribution in [-0.2, 0) is 9.53 Å². The van der Waals surface area contributed by atoms with Crippen LogP contribution in [0.5, 0.6) is 0 Å². The van der Waals surface area contributed by atoms with Gasteiger partial charge in [-0.3, -0.25) is 9.89 Å². The number of amides is 1. The summed E-state index contributed by atoms with van der Waals surface area (Å²) in [5.41, 5.74) is 0. The molecule has 1 aromatic rings. The third kappa shape index (κ3) is 2.13. The van der Waals surface area contributed by atoms with E-state index in [4.69, 9.17) is 0 Å². The number of hydrogen-bond acceptors (Lipinski definition) is 5. The molecule has 1 fully saturated rings. The molecule has 0 bridgehead atoms. The molecule has 2 heterocycles. The molecule has 2 rings (SSSR count). The van der Waals surface area contributed by atoms with Crippen molar-refractivity contribution in [2.45, 2.75) is 25.8 Å². The van der Waals surface area contributed by atoms with Crippen LogP contribution in [0.4, 0.5) is 0 Å². The third-order valence-electron chi connectivity index (χ3n) is 2.78. The number of aromatic amines is 1. The summed E-state index contributed by atoms with van der Waals surface area (Å²) in [5.74, 6) is -0.0502. The van der Waals surface area contributed by atoms with Gasteiger partial charge >= 0.3 is 5.97 Å². The van der Waals surface area contributed by atoms with Crippen molar-refractivity contribution in [3.63, 3.8) is 0 Å². The van der Waals surface area contributed by atoms with Gasteiger partial charge in [-0.1, -0.05) is 0 Å². The molecule has 17 heavy (non-hydrogen) atoms. The van der Waals surface area contributed by atoms with E-state index < -0.39 is 6.04 Å². The molecule has 1 aliphatic heterocycles. The van der Waals surface area contributed by atoms with E-state index in [1.165, 1.54) is 12.0 Å². The van der Waals surface area contributed by atoms with Crippen molar-refractivity contribution in [3.8, 4) is 0 Å². The Kier molecular flexibility index (Phi) is 3.08. The Morgan fingerprint density at radius 1 is 1.53 bits per heavy atom. The van der Waals surface area contributed by atoms with Gasteiger partial charge in [0.1, 0.15) is 11.9 Å². The Morgan fingerprint density at radius 2 is 2.29 bits per heavy atom. The van der Waals surface area contributed by atoms with Gasteiger partial charge < -0.3 is 9.64 Å². The lowest BCUT2D eigenvalue weighted by molar-refractivity contribution is -0.145. The second-order valence-electron chi connectivity index (χ2n) is 3.92. The fraction of sp³-hybridized carbons (Fsp3) is 0.600. The molecule has 0 radical (unpaired) electrons. The second-order valence-corrected chi connectivity index (χ2v) is 3.92.